The molecule has 0 aliphatic rings. The summed E-state index contributed by atoms with van der Waals surface area (Å²) in [6.07, 6.45) is 0.00347. The fourth-order valence-electron chi connectivity index (χ4n) is 2.52. The number of nitro groups is 1. The zero-order valence-electron chi connectivity index (χ0n) is 15.6. The fraction of sp³-hybridized carbons (Fsp3) is 0.0909. The second-order valence-corrected chi connectivity index (χ2v) is 6.74. The van der Waals surface area contributed by atoms with Gasteiger partial charge >= 0.3 is 11.9 Å². The minimum atomic E-state index is -0.515. The molecule has 0 aromatic heterocycles. The lowest BCUT2D eigenvalue weighted by Gasteiger charge is -2.07. The molecular formula is C22H16ClNO6. The molecule has 0 saturated heterocycles. The van der Waals surface area contributed by atoms with E-state index in [1.165, 1.54) is 24.3 Å². The number of carbonyl (C=O) groups is 2. The van der Waals surface area contributed by atoms with Gasteiger partial charge in [-0.05, 0) is 47.5 Å². The molecule has 0 N–H and O–H groups in total. The lowest BCUT2D eigenvalue weighted by atomic mass is 10.1. The summed E-state index contributed by atoms with van der Waals surface area (Å²) in [5.74, 6) is -0.595. The SMILES string of the molecule is O=C(Cc1ccc([N+](=O)[O-])cc1)OCc1ccc(C(=O)Oc2ccc(Cl)cc2)cc1. The molecule has 0 fully saturated rings. The first kappa shape index (κ1) is 21.0. The maximum atomic E-state index is 12.2. The van der Waals surface area contributed by atoms with Crippen LogP contribution in [-0.4, -0.2) is 16.9 Å². The number of nitro benzene ring substituents is 1. The monoisotopic (exact) mass is 425 g/mol. The van der Waals surface area contributed by atoms with Crippen molar-refractivity contribution in [3.05, 3.63) is 105 Å². The number of rotatable bonds is 7. The molecule has 0 unspecified atom stereocenters. The molecule has 0 saturated carbocycles. The number of hydrogen-bond donors (Lipinski definition) is 0. The molecular weight excluding hydrogens is 410 g/mol. The number of carbonyl (C=O) groups excluding carboxylic acids is 2. The van der Waals surface area contributed by atoms with Gasteiger partial charge in [0.2, 0.25) is 0 Å². The summed E-state index contributed by atoms with van der Waals surface area (Å²) in [6, 6.07) is 18.6. The normalized spacial score (nSPS) is 10.3. The number of non-ortho nitro benzene ring substituents is 1. The topological polar surface area (TPSA) is 95.7 Å². The second-order valence-electron chi connectivity index (χ2n) is 6.30. The van der Waals surface area contributed by atoms with Crippen LogP contribution in [0.2, 0.25) is 5.02 Å². The predicted octanol–water partition coefficient (Wildman–Crippen LogP) is 4.75. The Bertz CT molecular complexity index is 1050. The summed E-state index contributed by atoms with van der Waals surface area (Å²) in [6.45, 7) is 0.0400. The number of benzene rings is 3. The molecule has 0 radical (unpaired) electrons. The minimum absolute atomic E-state index is 0.00347. The van der Waals surface area contributed by atoms with Crippen LogP contribution in [0.5, 0.6) is 5.75 Å². The zero-order valence-corrected chi connectivity index (χ0v) is 16.4. The number of ether oxygens (including phenoxy) is 2. The van der Waals surface area contributed by atoms with E-state index in [2.05, 4.69) is 0 Å². The van der Waals surface area contributed by atoms with E-state index in [0.717, 1.165) is 0 Å². The van der Waals surface area contributed by atoms with Gasteiger partial charge in [0.25, 0.3) is 5.69 Å². The van der Waals surface area contributed by atoms with Crippen molar-refractivity contribution >= 4 is 29.2 Å². The maximum absolute atomic E-state index is 12.2. The fourth-order valence-corrected chi connectivity index (χ4v) is 2.65. The van der Waals surface area contributed by atoms with Crippen molar-refractivity contribution in [1.29, 1.82) is 0 Å². The quantitative estimate of drug-likeness (QED) is 0.234. The average molecular weight is 426 g/mol. The smallest absolute Gasteiger partial charge is 0.343 e. The van der Waals surface area contributed by atoms with Gasteiger partial charge in [-0.15, -0.1) is 0 Å². The van der Waals surface area contributed by atoms with Crippen LogP contribution >= 0.6 is 11.6 Å². The van der Waals surface area contributed by atoms with Crippen LogP contribution < -0.4 is 4.74 Å². The molecule has 152 valence electrons. The number of hydrogen-bond acceptors (Lipinski definition) is 6. The summed E-state index contributed by atoms with van der Waals surface area (Å²) in [7, 11) is 0. The van der Waals surface area contributed by atoms with Gasteiger partial charge in [-0.2, -0.15) is 0 Å². The van der Waals surface area contributed by atoms with Crippen LogP contribution in [0.4, 0.5) is 5.69 Å². The Hall–Kier alpha value is -3.71. The van der Waals surface area contributed by atoms with E-state index >= 15 is 0 Å². The molecule has 0 heterocycles. The molecule has 0 bridgehead atoms. The molecule has 0 atom stereocenters. The van der Waals surface area contributed by atoms with Gasteiger partial charge in [-0.3, -0.25) is 14.9 Å². The van der Waals surface area contributed by atoms with Gasteiger partial charge in [-0.25, -0.2) is 4.79 Å². The first-order valence-electron chi connectivity index (χ1n) is 8.86. The van der Waals surface area contributed by atoms with E-state index in [-0.39, 0.29) is 18.7 Å². The van der Waals surface area contributed by atoms with Gasteiger partial charge in [0, 0.05) is 17.2 Å². The Morgan fingerprint density at radius 1 is 0.867 bits per heavy atom. The second kappa shape index (κ2) is 9.67. The summed E-state index contributed by atoms with van der Waals surface area (Å²) < 4.78 is 10.5. The van der Waals surface area contributed by atoms with Crippen molar-refractivity contribution in [3.8, 4) is 5.75 Å². The Balaban J connectivity index is 1.50. The van der Waals surface area contributed by atoms with Gasteiger partial charge in [0.15, 0.2) is 0 Å². The van der Waals surface area contributed by atoms with Crippen molar-refractivity contribution in [1.82, 2.24) is 0 Å². The average Bonchev–Trinajstić information content (AvgIpc) is 2.74. The highest BCUT2D eigenvalue weighted by atomic mass is 35.5. The van der Waals surface area contributed by atoms with Crippen molar-refractivity contribution in [3.63, 3.8) is 0 Å². The molecule has 3 aromatic rings. The third-order valence-electron chi connectivity index (χ3n) is 4.11. The van der Waals surface area contributed by atoms with Crippen LogP contribution in [0.3, 0.4) is 0 Å². The van der Waals surface area contributed by atoms with Gasteiger partial charge in [0.1, 0.15) is 12.4 Å². The van der Waals surface area contributed by atoms with E-state index < -0.39 is 16.9 Å². The summed E-state index contributed by atoms with van der Waals surface area (Å²) >= 11 is 5.80. The lowest BCUT2D eigenvalue weighted by Crippen LogP contribution is -2.10. The Morgan fingerprint density at radius 3 is 2.07 bits per heavy atom. The van der Waals surface area contributed by atoms with Crippen molar-refractivity contribution < 1.29 is 24.0 Å². The van der Waals surface area contributed by atoms with Crippen molar-refractivity contribution in [2.45, 2.75) is 13.0 Å². The largest absolute Gasteiger partial charge is 0.461 e. The van der Waals surface area contributed by atoms with E-state index in [4.69, 9.17) is 21.1 Å². The highest BCUT2D eigenvalue weighted by molar-refractivity contribution is 6.30. The molecule has 8 heteroatoms. The van der Waals surface area contributed by atoms with Crippen LogP contribution in [0.25, 0.3) is 0 Å². The van der Waals surface area contributed by atoms with E-state index in [0.29, 0.717) is 27.5 Å². The summed E-state index contributed by atoms with van der Waals surface area (Å²) in [5.41, 5.74) is 1.63. The molecule has 7 nitrogen and oxygen atoms in total. The lowest BCUT2D eigenvalue weighted by molar-refractivity contribution is -0.384. The van der Waals surface area contributed by atoms with E-state index in [1.807, 2.05) is 0 Å². The Morgan fingerprint density at radius 2 is 1.47 bits per heavy atom. The standard InChI is InChI=1S/C22H16ClNO6/c23-18-7-11-20(12-8-18)30-22(26)17-5-1-16(2-6-17)14-29-21(25)13-15-3-9-19(10-4-15)24(27)28/h1-12H,13-14H2. The van der Waals surface area contributed by atoms with E-state index in [9.17, 15) is 19.7 Å². The Kier molecular flexibility index (Phi) is 6.77. The summed E-state index contributed by atoms with van der Waals surface area (Å²) in [4.78, 5) is 34.3. The third kappa shape index (κ3) is 5.89. The van der Waals surface area contributed by atoms with Crippen LogP contribution in [0.15, 0.2) is 72.8 Å². The number of nitrogens with zero attached hydrogens (tertiary/aromatic N) is 1. The van der Waals surface area contributed by atoms with Gasteiger partial charge in [0.05, 0.1) is 16.9 Å². The first-order chi connectivity index (χ1) is 14.4. The Labute approximate surface area is 177 Å². The van der Waals surface area contributed by atoms with Crippen LogP contribution in [-0.2, 0) is 22.6 Å². The molecule has 0 spiro atoms. The molecule has 0 aliphatic carbocycles. The minimum Gasteiger partial charge on any atom is -0.461 e. The van der Waals surface area contributed by atoms with E-state index in [1.54, 1.807) is 48.5 Å². The predicted molar refractivity (Wildman–Crippen MR) is 109 cm³/mol. The van der Waals surface area contributed by atoms with Gasteiger partial charge in [-0.1, -0.05) is 35.9 Å². The number of esters is 2. The van der Waals surface area contributed by atoms with Crippen LogP contribution in [0.1, 0.15) is 21.5 Å². The molecule has 0 aliphatic heterocycles. The summed E-state index contributed by atoms with van der Waals surface area (Å²) in [5, 5.41) is 11.2. The molecule has 30 heavy (non-hydrogen) atoms. The third-order valence-corrected chi connectivity index (χ3v) is 4.36. The zero-order chi connectivity index (χ0) is 21.5. The molecule has 3 rings (SSSR count). The molecule has 0 amide bonds. The number of halogens is 1. The van der Waals surface area contributed by atoms with Crippen molar-refractivity contribution in [2.75, 3.05) is 0 Å². The molecule has 3 aromatic carbocycles. The first-order valence-corrected chi connectivity index (χ1v) is 9.24. The maximum Gasteiger partial charge on any atom is 0.343 e. The van der Waals surface area contributed by atoms with Crippen molar-refractivity contribution in [2.24, 2.45) is 0 Å². The highest BCUT2D eigenvalue weighted by Crippen LogP contribution is 2.17. The van der Waals surface area contributed by atoms with Gasteiger partial charge < -0.3 is 9.47 Å². The van der Waals surface area contributed by atoms with Crippen LogP contribution in [0, 0.1) is 10.1 Å². The highest BCUT2D eigenvalue weighted by Gasteiger charge is 2.11.